The zero-order chi connectivity index (χ0) is 14.8. The van der Waals surface area contributed by atoms with Crippen LogP contribution in [0.1, 0.15) is 37.7 Å². The molecule has 1 N–H and O–H groups in total. The van der Waals surface area contributed by atoms with Crippen LogP contribution in [0, 0.1) is 18.8 Å². The fourth-order valence-electron chi connectivity index (χ4n) is 3.75. The fraction of sp³-hybridized carbons (Fsp3) is 0.588. The van der Waals surface area contributed by atoms with Gasteiger partial charge in [0.2, 0.25) is 0 Å². The maximum Gasteiger partial charge on any atom is 0.321 e. The third-order valence-electron chi connectivity index (χ3n) is 5.01. The summed E-state index contributed by atoms with van der Waals surface area (Å²) in [6.45, 7) is 3.78. The van der Waals surface area contributed by atoms with E-state index in [4.69, 9.17) is 11.6 Å². The molecule has 2 fully saturated rings. The summed E-state index contributed by atoms with van der Waals surface area (Å²) < 4.78 is 0. The molecule has 4 heteroatoms. The molecule has 1 saturated heterocycles. The fourth-order valence-corrected chi connectivity index (χ4v) is 3.97. The van der Waals surface area contributed by atoms with E-state index in [1.807, 2.05) is 30.0 Å². The minimum atomic E-state index is 0.0319. The number of hydrogen-bond donors (Lipinski definition) is 1. The van der Waals surface area contributed by atoms with Crippen molar-refractivity contribution in [1.29, 1.82) is 0 Å². The van der Waals surface area contributed by atoms with Crippen molar-refractivity contribution in [1.82, 2.24) is 4.90 Å². The summed E-state index contributed by atoms with van der Waals surface area (Å²) in [5, 5.41) is 3.73. The van der Waals surface area contributed by atoms with Crippen molar-refractivity contribution >= 4 is 23.3 Å². The molecule has 2 aliphatic rings. The van der Waals surface area contributed by atoms with E-state index >= 15 is 0 Å². The third-order valence-corrected chi connectivity index (χ3v) is 5.24. The van der Waals surface area contributed by atoms with Crippen molar-refractivity contribution in [2.45, 2.75) is 39.0 Å². The van der Waals surface area contributed by atoms with Gasteiger partial charge in [0.05, 0.1) is 0 Å². The average Bonchev–Trinajstić information content (AvgIpc) is 2.49. The van der Waals surface area contributed by atoms with Crippen molar-refractivity contribution in [2.24, 2.45) is 11.8 Å². The lowest BCUT2D eigenvalue weighted by Gasteiger charge is -2.41. The average molecular weight is 307 g/mol. The third kappa shape index (κ3) is 3.34. The molecule has 1 saturated carbocycles. The van der Waals surface area contributed by atoms with Gasteiger partial charge in [-0.05, 0) is 55.4 Å². The summed E-state index contributed by atoms with van der Waals surface area (Å²) in [6.07, 6.45) is 6.51. The molecule has 0 aromatic heterocycles. The summed E-state index contributed by atoms with van der Waals surface area (Å²) in [6, 6.07) is 5.61. The van der Waals surface area contributed by atoms with Crippen molar-refractivity contribution in [3.05, 3.63) is 28.8 Å². The Morgan fingerprint density at radius 3 is 2.76 bits per heavy atom. The van der Waals surface area contributed by atoms with E-state index < -0.39 is 0 Å². The quantitative estimate of drug-likeness (QED) is 0.802. The minimum Gasteiger partial charge on any atom is -0.324 e. The smallest absolute Gasteiger partial charge is 0.321 e. The van der Waals surface area contributed by atoms with Crippen molar-refractivity contribution in [2.75, 3.05) is 18.4 Å². The number of piperidine rings is 1. The number of halogens is 1. The van der Waals surface area contributed by atoms with Gasteiger partial charge >= 0.3 is 6.03 Å². The first kappa shape index (κ1) is 14.7. The monoisotopic (exact) mass is 306 g/mol. The Kier molecular flexibility index (Phi) is 4.39. The lowest BCUT2D eigenvalue weighted by Crippen LogP contribution is -2.46. The summed E-state index contributed by atoms with van der Waals surface area (Å²) in [5.41, 5.74) is 1.86. The Labute approximate surface area is 131 Å². The Morgan fingerprint density at radius 1 is 1.24 bits per heavy atom. The van der Waals surface area contributed by atoms with Gasteiger partial charge in [0.25, 0.3) is 0 Å². The van der Waals surface area contributed by atoms with E-state index in [0.717, 1.165) is 36.7 Å². The number of carbonyl (C=O) groups is 1. The van der Waals surface area contributed by atoms with Gasteiger partial charge in [-0.1, -0.05) is 30.9 Å². The highest BCUT2D eigenvalue weighted by Gasteiger charge is 2.32. The van der Waals surface area contributed by atoms with Gasteiger partial charge in [0, 0.05) is 23.8 Å². The van der Waals surface area contributed by atoms with Crippen molar-refractivity contribution in [3.63, 3.8) is 0 Å². The maximum absolute atomic E-state index is 12.5. The molecule has 21 heavy (non-hydrogen) atoms. The van der Waals surface area contributed by atoms with Gasteiger partial charge in [-0.15, -0.1) is 0 Å². The number of fused-ring (bicyclic) bond motifs is 1. The van der Waals surface area contributed by atoms with Gasteiger partial charge in [-0.3, -0.25) is 0 Å². The second kappa shape index (κ2) is 6.27. The summed E-state index contributed by atoms with van der Waals surface area (Å²) in [7, 11) is 0. The van der Waals surface area contributed by atoms with E-state index in [1.54, 1.807) is 0 Å². The van der Waals surface area contributed by atoms with E-state index in [0.29, 0.717) is 10.9 Å². The molecule has 2 amide bonds. The van der Waals surface area contributed by atoms with Crippen molar-refractivity contribution < 1.29 is 4.79 Å². The number of amides is 2. The van der Waals surface area contributed by atoms with Crippen LogP contribution in [-0.2, 0) is 0 Å². The van der Waals surface area contributed by atoms with Crippen LogP contribution in [0.5, 0.6) is 0 Å². The molecule has 3 nitrogen and oxygen atoms in total. The summed E-state index contributed by atoms with van der Waals surface area (Å²) in [4.78, 5) is 14.4. The standard InChI is InChI=1S/C17H23ClN2O/c1-12-10-15(18)6-7-16(12)19-17(21)20-9-8-13-4-2-3-5-14(13)11-20/h6-7,10,13-14H,2-5,8-9,11H2,1H3,(H,19,21)/t13-,14-/m0/s1. The van der Waals surface area contributed by atoms with Crippen molar-refractivity contribution in [3.8, 4) is 0 Å². The van der Waals surface area contributed by atoms with E-state index in [1.165, 1.54) is 25.7 Å². The first-order valence-electron chi connectivity index (χ1n) is 7.95. The highest BCUT2D eigenvalue weighted by atomic mass is 35.5. The predicted molar refractivity (Wildman–Crippen MR) is 86.8 cm³/mol. The summed E-state index contributed by atoms with van der Waals surface area (Å²) in [5.74, 6) is 1.56. The van der Waals surface area contributed by atoms with Crippen LogP contribution >= 0.6 is 11.6 Å². The molecule has 0 radical (unpaired) electrons. The Balaban J connectivity index is 1.63. The van der Waals surface area contributed by atoms with E-state index in [-0.39, 0.29) is 6.03 Å². The molecule has 3 rings (SSSR count). The molecule has 1 aliphatic heterocycles. The molecule has 0 bridgehead atoms. The predicted octanol–water partition coefficient (Wildman–Crippen LogP) is 4.69. The number of anilines is 1. The number of urea groups is 1. The van der Waals surface area contributed by atoms with Crippen LogP contribution in [-0.4, -0.2) is 24.0 Å². The summed E-state index contributed by atoms with van der Waals surface area (Å²) >= 11 is 5.96. The van der Waals surface area contributed by atoms with Gasteiger partial charge in [-0.2, -0.15) is 0 Å². The number of nitrogens with one attached hydrogen (secondary N) is 1. The molecule has 0 spiro atoms. The second-order valence-corrected chi connectivity index (χ2v) is 6.87. The number of benzene rings is 1. The zero-order valence-corrected chi connectivity index (χ0v) is 13.3. The molecule has 1 aromatic rings. The van der Waals surface area contributed by atoms with Gasteiger partial charge in [0.15, 0.2) is 0 Å². The topological polar surface area (TPSA) is 32.3 Å². The first-order valence-corrected chi connectivity index (χ1v) is 8.33. The van der Waals surface area contributed by atoms with Crippen LogP contribution < -0.4 is 5.32 Å². The number of aryl methyl sites for hydroxylation is 1. The number of carbonyl (C=O) groups excluding carboxylic acids is 1. The Bertz CT molecular complexity index is 532. The lowest BCUT2D eigenvalue weighted by atomic mass is 9.75. The normalized spacial score (nSPS) is 25.3. The van der Waals surface area contributed by atoms with Crippen LogP contribution in [0.15, 0.2) is 18.2 Å². The molecule has 1 aliphatic carbocycles. The second-order valence-electron chi connectivity index (χ2n) is 6.43. The zero-order valence-electron chi connectivity index (χ0n) is 12.6. The first-order chi connectivity index (χ1) is 10.1. The Hall–Kier alpha value is -1.22. The number of likely N-dealkylation sites (tertiary alicyclic amines) is 1. The van der Waals surface area contributed by atoms with E-state index in [9.17, 15) is 4.79 Å². The molecule has 0 unspecified atom stereocenters. The minimum absolute atomic E-state index is 0.0319. The van der Waals surface area contributed by atoms with Gasteiger partial charge in [-0.25, -0.2) is 4.79 Å². The lowest BCUT2D eigenvalue weighted by molar-refractivity contribution is 0.108. The molecular formula is C17H23ClN2O. The molecule has 2 atom stereocenters. The molecule has 114 valence electrons. The number of nitrogens with zero attached hydrogens (tertiary/aromatic N) is 1. The Morgan fingerprint density at radius 2 is 2.00 bits per heavy atom. The SMILES string of the molecule is Cc1cc(Cl)ccc1NC(=O)N1CC[C@@H]2CCCC[C@H]2C1. The van der Waals surface area contributed by atoms with Crippen LogP contribution in [0.3, 0.4) is 0 Å². The van der Waals surface area contributed by atoms with E-state index in [2.05, 4.69) is 5.32 Å². The highest BCUT2D eigenvalue weighted by molar-refractivity contribution is 6.30. The van der Waals surface area contributed by atoms with Crippen LogP contribution in [0.4, 0.5) is 10.5 Å². The van der Waals surface area contributed by atoms with Crippen LogP contribution in [0.2, 0.25) is 5.02 Å². The molecule has 1 aromatic carbocycles. The molecular weight excluding hydrogens is 284 g/mol. The highest BCUT2D eigenvalue weighted by Crippen LogP contribution is 2.36. The van der Waals surface area contributed by atoms with Crippen LogP contribution in [0.25, 0.3) is 0 Å². The number of hydrogen-bond acceptors (Lipinski definition) is 1. The largest absolute Gasteiger partial charge is 0.324 e. The maximum atomic E-state index is 12.5. The van der Waals surface area contributed by atoms with Gasteiger partial charge in [0.1, 0.15) is 0 Å². The number of rotatable bonds is 1. The molecule has 1 heterocycles. The van der Waals surface area contributed by atoms with Gasteiger partial charge < -0.3 is 10.2 Å².